The highest BCUT2D eigenvalue weighted by Gasteiger charge is 2.22. The summed E-state index contributed by atoms with van der Waals surface area (Å²) >= 11 is 0. The molecule has 2 atom stereocenters. The molecule has 0 bridgehead atoms. The number of rotatable bonds is 61. The van der Waals surface area contributed by atoms with E-state index in [1.54, 1.807) is 12.1 Å². The Labute approximate surface area is 637 Å². The molecule has 14 heteroatoms. The van der Waals surface area contributed by atoms with Crippen molar-refractivity contribution in [1.82, 2.24) is 20.4 Å². The monoisotopic (exact) mass is 1450 g/mol. The summed E-state index contributed by atoms with van der Waals surface area (Å²) in [5, 5.41) is 12.4. The molecule has 0 aliphatic carbocycles. The Balaban J connectivity index is 0.000000798. The number of benzene rings is 3. The number of ether oxygens (including phenoxy) is 2. The second-order valence-electron chi connectivity index (χ2n) is 29.3. The van der Waals surface area contributed by atoms with Crippen LogP contribution in [0.2, 0.25) is 0 Å². The number of nitrogens with zero attached hydrogens (tertiary/aromatic N) is 2. The molecule has 0 aliphatic heterocycles. The molecule has 3 aromatic rings. The van der Waals surface area contributed by atoms with Gasteiger partial charge in [0.1, 0.15) is 11.5 Å². The van der Waals surface area contributed by atoms with Gasteiger partial charge < -0.3 is 40.5 Å². The predicted molar refractivity (Wildman–Crippen MR) is 442 cm³/mol. The number of aryl methyl sites for hydroxylation is 3. The molecule has 0 fully saturated rings. The van der Waals surface area contributed by atoms with Crippen LogP contribution < -0.4 is 30.7 Å². The smallest absolute Gasteiger partial charge is 0.260 e. The molecule has 594 valence electrons. The van der Waals surface area contributed by atoms with Crippen LogP contribution in [0, 0.1) is 11.8 Å². The zero-order chi connectivity index (χ0) is 76.6. The van der Waals surface area contributed by atoms with Gasteiger partial charge in [0.05, 0.1) is 0 Å². The first-order valence-corrected chi connectivity index (χ1v) is 43.0. The number of hydrogen-bond donors (Lipinski definition) is 4. The van der Waals surface area contributed by atoms with Crippen molar-refractivity contribution in [3.63, 3.8) is 0 Å². The molecule has 0 aromatic heterocycles. The third-order valence-electron chi connectivity index (χ3n) is 19.8. The third-order valence-corrected chi connectivity index (χ3v) is 19.8. The van der Waals surface area contributed by atoms with Gasteiger partial charge in [-0.15, -0.1) is 0 Å². The van der Waals surface area contributed by atoms with Crippen LogP contribution in [0.15, 0.2) is 54.6 Å². The molecular weight excluding hydrogens is 1290 g/mol. The van der Waals surface area contributed by atoms with E-state index < -0.39 is 0 Å². The van der Waals surface area contributed by atoms with Crippen LogP contribution in [0.5, 0.6) is 11.5 Å². The maximum Gasteiger partial charge on any atom is 0.260 e. The lowest BCUT2D eigenvalue weighted by molar-refractivity contribution is -0.134. The quantitative estimate of drug-likeness (QED) is 0.0404. The number of carbonyl (C=O) groups excluding carboxylic acids is 6. The molecule has 0 saturated carbocycles. The summed E-state index contributed by atoms with van der Waals surface area (Å²) in [7, 11) is 0. The average molecular weight is 1450 g/mol. The van der Waals surface area contributed by atoms with Gasteiger partial charge in [0.25, 0.3) is 23.6 Å². The first-order chi connectivity index (χ1) is 50.6. The summed E-state index contributed by atoms with van der Waals surface area (Å²) in [4.78, 5) is 81.4. The van der Waals surface area contributed by atoms with E-state index in [1.807, 2.05) is 47.1 Å². The Hall–Kier alpha value is -5.92. The highest BCUT2D eigenvalue weighted by atomic mass is 16.5. The second-order valence-corrected chi connectivity index (χ2v) is 29.3. The highest BCUT2D eigenvalue weighted by molar-refractivity contribution is 6.00. The van der Waals surface area contributed by atoms with E-state index in [-0.39, 0.29) is 60.5 Å². The molecule has 0 radical (unpaired) electrons. The van der Waals surface area contributed by atoms with Gasteiger partial charge in [-0.05, 0) is 149 Å². The fourth-order valence-electron chi connectivity index (χ4n) is 12.9. The molecule has 0 aliphatic rings. The lowest BCUT2D eigenvalue weighted by Crippen LogP contribution is -2.36. The number of hydrogen-bond acceptors (Lipinski definition) is 8. The van der Waals surface area contributed by atoms with Gasteiger partial charge in [-0.1, -0.05) is 283 Å². The fourth-order valence-corrected chi connectivity index (χ4v) is 12.9. The summed E-state index contributed by atoms with van der Waals surface area (Å²) in [6.45, 7) is 32.7. The molecule has 0 spiro atoms. The van der Waals surface area contributed by atoms with E-state index in [0.29, 0.717) is 35.7 Å². The Morgan fingerprint density at radius 3 is 0.933 bits per heavy atom. The number of nitrogens with one attached hydrogen (secondary N) is 4. The fraction of sp³-hybridized carbons (Fsp3) is 0.733. The van der Waals surface area contributed by atoms with Gasteiger partial charge in [-0.2, -0.15) is 0 Å². The van der Waals surface area contributed by atoms with Crippen molar-refractivity contribution in [2.24, 2.45) is 11.8 Å². The summed E-state index contributed by atoms with van der Waals surface area (Å²) in [5.41, 5.74) is 5.99. The molecule has 3 aromatic carbocycles. The largest absolute Gasteiger partial charge is 0.484 e. The predicted octanol–water partition coefficient (Wildman–Crippen LogP) is 23.5. The van der Waals surface area contributed by atoms with Crippen molar-refractivity contribution in [3.05, 3.63) is 82.4 Å². The molecule has 2 unspecified atom stereocenters. The second kappa shape index (κ2) is 65.4. The molecule has 104 heavy (non-hydrogen) atoms. The zero-order valence-electron chi connectivity index (χ0n) is 69.1. The van der Waals surface area contributed by atoms with Gasteiger partial charge in [0.2, 0.25) is 11.8 Å². The third kappa shape index (κ3) is 46.9. The minimum absolute atomic E-state index is 0.0203. The van der Waals surface area contributed by atoms with E-state index in [4.69, 9.17) is 9.47 Å². The van der Waals surface area contributed by atoms with E-state index in [9.17, 15) is 28.8 Å². The van der Waals surface area contributed by atoms with Gasteiger partial charge in [0.15, 0.2) is 13.2 Å². The first-order valence-electron chi connectivity index (χ1n) is 43.0. The number of carbonyl (C=O) groups is 6. The maximum absolute atomic E-state index is 13.4. The van der Waals surface area contributed by atoms with Crippen LogP contribution in [0.1, 0.15) is 384 Å². The number of anilines is 2. The summed E-state index contributed by atoms with van der Waals surface area (Å²) in [5.74, 6) is 1.51. The van der Waals surface area contributed by atoms with Crippen molar-refractivity contribution in [2.45, 2.75) is 366 Å². The van der Waals surface area contributed by atoms with Gasteiger partial charge in [-0.3, -0.25) is 28.8 Å². The van der Waals surface area contributed by atoms with Crippen LogP contribution in [-0.2, 0) is 38.4 Å². The number of amides is 6. The van der Waals surface area contributed by atoms with E-state index in [2.05, 4.69) is 116 Å². The van der Waals surface area contributed by atoms with Crippen molar-refractivity contribution >= 4 is 46.8 Å². The molecule has 3 rings (SSSR count). The van der Waals surface area contributed by atoms with Crippen LogP contribution in [-0.4, -0.2) is 97.7 Å². The summed E-state index contributed by atoms with van der Waals surface area (Å²) in [6.07, 6.45) is 47.9. The van der Waals surface area contributed by atoms with E-state index in [1.165, 1.54) is 89.9 Å². The Morgan fingerprint density at radius 1 is 0.308 bits per heavy atom. The molecule has 0 heterocycles. The van der Waals surface area contributed by atoms with Crippen molar-refractivity contribution in [2.75, 3.05) is 63.1 Å². The van der Waals surface area contributed by atoms with Crippen LogP contribution in [0.25, 0.3) is 0 Å². The highest BCUT2D eigenvalue weighted by Crippen LogP contribution is 2.28. The van der Waals surface area contributed by atoms with Gasteiger partial charge in [0, 0.05) is 79.7 Å². The molecule has 4 N–H and O–H groups in total. The average Bonchev–Trinajstić information content (AvgIpc) is 0.851. The summed E-state index contributed by atoms with van der Waals surface area (Å²) < 4.78 is 11.9. The standard InChI is InChI=1S/C36H64N2O2.C32H56N2O4.C22H36N2O2/c1-6-11-15-17-19-21-25-31(23-13-8-3)35(39)37-33-27-30(10-5)28-34(29-33)38-36(40)32(24-14-9-4)26-22-20-18-16-12-7-2;1-6-11-15-19-33(20-16-12-7-2)31(35)26-37-29-23-28(10-5)24-30(25-29)38-27-32(36)34(21-17-13-8-3)22-18-14-9-4;1-4-7-9-11-13-23-21(25)19-15-18(6-3)16-20(17-19)22(26)24-14-12-10-8-5-2/h27-29,31-32H,6-26H2,1-5H3,(H,37,39)(H,38,40);23-25H,6-22,26-27H2,1-5H3;15-17H,4-14H2,1-3H3,(H,23,25)(H,24,26). The molecular formula is C90H156N6O8. The van der Waals surface area contributed by atoms with Gasteiger partial charge in [-0.25, -0.2) is 0 Å². The summed E-state index contributed by atoms with van der Waals surface area (Å²) in [6, 6.07) is 17.3. The van der Waals surface area contributed by atoms with Crippen molar-refractivity contribution in [3.8, 4) is 11.5 Å². The van der Waals surface area contributed by atoms with Crippen LogP contribution in [0.4, 0.5) is 11.4 Å². The lowest BCUT2D eigenvalue weighted by Gasteiger charge is -2.23. The topological polar surface area (TPSA) is 175 Å². The maximum atomic E-state index is 13.4. The van der Waals surface area contributed by atoms with Gasteiger partial charge >= 0.3 is 0 Å². The molecule has 0 saturated heterocycles. The Bertz CT molecular complexity index is 2500. The van der Waals surface area contributed by atoms with Crippen molar-refractivity contribution < 1.29 is 38.2 Å². The van der Waals surface area contributed by atoms with E-state index >= 15 is 0 Å². The molecule has 6 amide bonds. The zero-order valence-corrected chi connectivity index (χ0v) is 69.1. The van der Waals surface area contributed by atoms with E-state index in [0.717, 1.165) is 240 Å². The van der Waals surface area contributed by atoms with Crippen LogP contribution in [0.3, 0.4) is 0 Å². The van der Waals surface area contributed by atoms with Crippen molar-refractivity contribution in [1.29, 1.82) is 0 Å². The van der Waals surface area contributed by atoms with Crippen LogP contribution >= 0.6 is 0 Å². The SMILES string of the molecule is CCCCCCCCC(CCCC)C(=O)Nc1cc(CC)cc(NC(=O)C(CCCC)CCCCCCCC)c1.CCCCCCNC(=O)c1cc(CC)cc(C(=O)NCCCCCC)c1.CCCCCN(CCCCC)C(=O)COc1cc(CC)cc(OCC(=O)N(CCCCC)CCCCC)c1. The normalized spacial score (nSPS) is 11.5. The first kappa shape index (κ1) is 96.1. The Kier molecular flexibility index (Phi) is 60.4. The number of unbranched alkanes of at least 4 members (excludes halogenated alkanes) is 26. The minimum atomic E-state index is -0.0891. The minimum Gasteiger partial charge on any atom is -0.484 e. The molecule has 14 nitrogen and oxygen atoms in total. The lowest BCUT2D eigenvalue weighted by atomic mass is 9.93. The Morgan fingerprint density at radius 2 is 0.596 bits per heavy atom.